The van der Waals surface area contributed by atoms with Crippen molar-refractivity contribution < 1.29 is 23.4 Å². The largest absolute Gasteiger partial charge is 0.494 e. The first-order valence-corrected chi connectivity index (χ1v) is 10.9. The highest BCUT2D eigenvalue weighted by Gasteiger charge is 2.01. The highest BCUT2D eigenvalue weighted by atomic mass is 19.1. The molecule has 4 nitrogen and oxygen atoms in total. The van der Waals surface area contributed by atoms with Crippen molar-refractivity contribution in [3.05, 3.63) is 90.3 Å². The average molecular weight is 451 g/mol. The first-order chi connectivity index (χ1) is 15.9. The summed E-state index contributed by atoms with van der Waals surface area (Å²) in [6.07, 6.45) is 2.06. The quantitative estimate of drug-likeness (QED) is 0.349. The number of carbonyl (C=O) groups is 1. The molecule has 0 heterocycles. The predicted octanol–water partition coefficient (Wildman–Crippen LogP) is 6.94. The Labute approximate surface area is 195 Å². The molecule has 0 fully saturated rings. The molecule has 0 saturated carbocycles. The Morgan fingerprint density at radius 1 is 0.758 bits per heavy atom. The number of halogens is 1. The molecule has 33 heavy (non-hydrogen) atoms. The molecule has 0 unspecified atom stereocenters. The molecule has 0 amide bonds. The van der Waals surface area contributed by atoms with Crippen LogP contribution in [0.1, 0.15) is 33.3 Å². The van der Waals surface area contributed by atoms with Gasteiger partial charge in [-0.15, -0.1) is 0 Å². The number of hydrogen-bond acceptors (Lipinski definition) is 4. The van der Waals surface area contributed by atoms with Gasteiger partial charge in [-0.3, -0.25) is 4.79 Å². The molecular weight excluding hydrogens is 419 g/mol. The van der Waals surface area contributed by atoms with E-state index in [0.29, 0.717) is 19.8 Å². The maximum Gasteiger partial charge on any atom is 0.302 e. The fourth-order valence-corrected chi connectivity index (χ4v) is 2.95. The van der Waals surface area contributed by atoms with Crippen molar-refractivity contribution in [2.45, 2.75) is 27.7 Å². The van der Waals surface area contributed by atoms with Crippen LogP contribution in [0.15, 0.2) is 78.9 Å². The van der Waals surface area contributed by atoms with Gasteiger partial charge in [-0.1, -0.05) is 36.4 Å². The summed E-state index contributed by atoms with van der Waals surface area (Å²) in [6, 6.07) is 22.4. The Morgan fingerprint density at radius 3 is 1.73 bits per heavy atom. The number of allylic oxidation sites excluding steroid dienone is 1. The highest BCUT2D eigenvalue weighted by Crippen LogP contribution is 2.23. The number of hydrogen-bond donors (Lipinski definition) is 0. The van der Waals surface area contributed by atoms with Crippen LogP contribution in [0.4, 0.5) is 4.39 Å². The van der Waals surface area contributed by atoms with Gasteiger partial charge in [0.2, 0.25) is 0 Å². The van der Waals surface area contributed by atoms with Crippen LogP contribution in [0.5, 0.6) is 11.5 Å². The number of esters is 1. The summed E-state index contributed by atoms with van der Waals surface area (Å²) in [4.78, 5) is 9.82. The van der Waals surface area contributed by atoms with Crippen LogP contribution < -0.4 is 9.47 Å². The number of ether oxygens (including phenoxy) is 3. The molecule has 0 aliphatic carbocycles. The minimum absolute atomic E-state index is 0.211. The van der Waals surface area contributed by atoms with Gasteiger partial charge in [-0.05, 0) is 85.5 Å². The van der Waals surface area contributed by atoms with Crippen molar-refractivity contribution in [1.29, 1.82) is 0 Å². The van der Waals surface area contributed by atoms with Crippen molar-refractivity contribution in [3.8, 4) is 22.6 Å². The first-order valence-electron chi connectivity index (χ1n) is 10.9. The maximum atomic E-state index is 13.0. The Kier molecular flexibility index (Phi) is 10.7. The van der Waals surface area contributed by atoms with E-state index < -0.39 is 0 Å². The van der Waals surface area contributed by atoms with Crippen molar-refractivity contribution in [3.63, 3.8) is 0 Å². The van der Waals surface area contributed by atoms with Gasteiger partial charge in [0, 0.05) is 6.92 Å². The lowest BCUT2D eigenvalue weighted by atomic mass is 10.0. The van der Waals surface area contributed by atoms with Gasteiger partial charge in [0.1, 0.15) is 23.9 Å². The second kappa shape index (κ2) is 13.7. The van der Waals surface area contributed by atoms with E-state index >= 15 is 0 Å². The smallest absolute Gasteiger partial charge is 0.302 e. The average Bonchev–Trinajstić information content (AvgIpc) is 2.81. The van der Waals surface area contributed by atoms with Crippen LogP contribution in [0.2, 0.25) is 0 Å². The van der Waals surface area contributed by atoms with Gasteiger partial charge in [-0.25, -0.2) is 4.39 Å². The van der Waals surface area contributed by atoms with Crippen molar-refractivity contribution in [2.24, 2.45) is 0 Å². The van der Waals surface area contributed by atoms with Gasteiger partial charge in [0.15, 0.2) is 0 Å². The molecule has 174 valence electrons. The summed E-state index contributed by atoms with van der Waals surface area (Å²) in [5.74, 6) is 1.23. The van der Waals surface area contributed by atoms with E-state index in [9.17, 15) is 9.18 Å². The second-order valence-corrected chi connectivity index (χ2v) is 7.11. The van der Waals surface area contributed by atoms with E-state index in [-0.39, 0.29) is 11.8 Å². The van der Waals surface area contributed by atoms with Crippen molar-refractivity contribution in [1.82, 2.24) is 0 Å². The zero-order valence-electron chi connectivity index (χ0n) is 19.6. The molecule has 0 bridgehead atoms. The standard InChI is InChI=1S/C24H23FO2.C4H8O2/c1-3-26-23-12-14-24(15-13-23)27-17-16-18(2)19-4-6-20(7-5-19)21-8-10-22(25)11-9-21;1-3-6-4(2)5/h4-16H,3,17H2,1-2H3;3H2,1-2H3/b18-16+;. The van der Waals surface area contributed by atoms with Crippen LogP contribution in [0, 0.1) is 5.82 Å². The number of carbonyl (C=O) groups excluding carboxylic acids is 1. The molecule has 3 aromatic rings. The third-order valence-corrected chi connectivity index (χ3v) is 4.64. The third kappa shape index (κ3) is 9.19. The lowest BCUT2D eigenvalue weighted by Gasteiger charge is -2.08. The normalized spacial score (nSPS) is 10.6. The fourth-order valence-electron chi connectivity index (χ4n) is 2.95. The SMILES string of the molecule is CCOC(C)=O.CCOc1ccc(OC/C=C(\C)c2ccc(-c3ccc(F)cc3)cc2)cc1. The van der Waals surface area contributed by atoms with Crippen molar-refractivity contribution >= 4 is 11.5 Å². The third-order valence-electron chi connectivity index (χ3n) is 4.64. The molecule has 0 spiro atoms. The van der Waals surface area contributed by atoms with E-state index in [1.807, 2.05) is 43.3 Å². The highest BCUT2D eigenvalue weighted by molar-refractivity contribution is 5.69. The zero-order valence-corrected chi connectivity index (χ0v) is 19.6. The van der Waals surface area contributed by atoms with E-state index in [4.69, 9.17) is 9.47 Å². The lowest BCUT2D eigenvalue weighted by molar-refractivity contribution is -0.140. The van der Waals surface area contributed by atoms with Gasteiger partial charge in [0.25, 0.3) is 0 Å². The Hall–Kier alpha value is -3.60. The molecule has 3 aromatic carbocycles. The Bertz CT molecular complexity index is 1010. The molecule has 0 radical (unpaired) electrons. The van der Waals surface area contributed by atoms with Gasteiger partial charge < -0.3 is 14.2 Å². The van der Waals surface area contributed by atoms with E-state index in [0.717, 1.165) is 33.8 Å². The number of benzene rings is 3. The zero-order chi connectivity index (χ0) is 24.1. The minimum Gasteiger partial charge on any atom is -0.494 e. The summed E-state index contributed by atoms with van der Waals surface area (Å²) < 4.78 is 28.6. The molecule has 0 aliphatic heterocycles. The van der Waals surface area contributed by atoms with Crippen LogP contribution in [0.25, 0.3) is 16.7 Å². The van der Waals surface area contributed by atoms with Crippen LogP contribution in [-0.2, 0) is 9.53 Å². The van der Waals surface area contributed by atoms with Crippen LogP contribution in [-0.4, -0.2) is 25.8 Å². The predicted molar refractivity (Wildman–Crippen MR) is 131 cm³/mol. The minimum atomic E-state index is -0.221. The molecule has 0 N–H and O–H groups in total. The summed E-state index contributed by atoms with van der Waals surface area (Å²) in [6.45, 7) is 8.83. The molecule has 0 saturated heterocycles. The summed E-state index contributed by atoms with van der Waals surface area (Å²) in [5.41, 5.74) is 4.35. The van der Waals surface area contributed by atoms with Crippen molar-refractivity contribution in [2.75, 3.05) is 19.8 Å². The summed E-state index contributed by atoms with van der Waals surface area (Å²) in [5, 5.41) is 0. The lowest BCUT2D eigenvalue weighted by Crippen LogP contribution is -1.95. The van der Waals surface area contributed by atoms with E-state index in [1.54, 1.807) is 19.1 Å². The molecule has 0 aliphatic rings. The summed E-state index contributed by atoms with van der Waals surface area (Å²) in [7, 11) is 0. The topological polar surface area (TPSA) is 44.8 Å². The van der Waals surface area contributed by atoms with E-state index in [1.165, 1.54) is 19.1 Å². The van der Waals surface area contributed by atoms with Gasteiger partial charge >= 0.3 is 5.97 Å². The monoisotopic (exact) mass is 450 g/mol. The maximum absolute atomic E-state index is 13.0. The van der Waals surface area contributed by atoms with Gasteiger partial charge in [-0.2, -0.15) is 0 Å². The second-order valence-electron chi connectivity index (χ2n) is 7.11. The Morgan fingerprint density at radius 2 is 1.27 bits per heavy atom. The summed E-state index contributed by atoms with van der Waals surface area (Å²) >= 11 is 0. The van der Waals surface area contributed by atoms with Crippen LogP contribution >= 0.6 is 0 Å². The van der Waals surface area contributed by atoms with Crippen LogP contribution in [0.3, 0.4) is 0 Å². The molecule has 0 aromatic heterocycles. The number of rotatable bonds is 8. The fraction of sp³-hybridized carbons (Fsp3) is 0.250. The molecule has 3 rings (SSSR count). The molecular formula is C28H31FO4. The first kappa shape index (κ1) is 25.7. The van der Waals surface area contributed by atoms with E-state index in [2.05, 4.69) is 29.9 Å². The Balaban J connectivity index is 0.000000569. The molecule has 0 atom stereocenters. The molecule has 5 heteroatoms. The van der Waals surface area contributed by atoms with Gasteiger partial charge in [0.05, 0.1) is 13.2 Å².